The summed E-state index contributed by atoms with van der Waals surface area (Å²) in [4.78, 5) is 15.5. The Morgan fingerprint density at radius 2 is 2.00 bits per heavy atom. The Morgan fingerprint density at radius 3 is 2.56 bits per heavy atom. The highest BCUT2D eigenvalue weighted by Gasteiger charge is 2.17. The molecule has 0 saturated carbocycles. The van der Waals surface area contributed by atoms with Crippen molar-refractivity contribution in [2.75, 3.05) is 0 Å². The quantitative estimate of drug-likeness (QED) is 0.620. The van der Waals surface area contributed by atoms with Gasteiger partial charge in [-0.15, -0.1) is 0 Å². The third-order valence-electron chi connectivity index (χ3n) is 2.22. The van der Waals surface area contributed by atoms with E-state index in [0.717, 1.165) is 0 Å². The number of aromatic nitrogens is 1. The molecule has 0 aliphatic heterocycles. The Labute approximate surface area is 92.2 Å². The van der Waals surface area contributed by atoms with Crippen LogP contribution in [-0.4, -0.2) is 15.9 Å². The maximum absolute atomic E-state index is 11.3. The highest BCUT2D eigenvalue weighted by atomic mass is 16.4. The lowest BCUT2D eigenvalue weighted by atomic mass is 10.1. The smallest absolute Gasteiger partial charge is 0.234 e. The van der Waals surface area contributed by atoms with Crippen molar-refractivity contribution >= 4 is 22.5 Å². The molecule has 4 nitrogen and oxygen atoms in total. The second-order valence-electron chi connectivity index (χ2n) is 3.50. The van der Waals surface area contributed by atoms with Gasteiger partial charge in [-0.2, -0.15) is 0 Å². The summed E-state index contributed by atoms with van der Waals surface area (Å²) in [7, 11) is 0. The van der Waals surface area contributed by atoms with Crippen LogP contribution in [0.4, 0.5) is 0 Å². The minimum atomic E-state index is -0.272. The zero-order chi connectivity index (χ0) is 11.7. The number of Topliss-reactive ketones (excluding diaryl/α,β-unsaturated/α-hetero) is 1. The number of oxazole rings is 1. The van der Waals surface area contributed by atoms with Gasteiger partial charge >= 0.3 is 0 Å². The van der Waals surface area contributed by atoms with Gasteiger partial charge in [-0.1, -0.05) is 12.1 Å². The SMILES string of the molecule is CC(=O)/C(=C(\C)O)c1nc2ccccc2o1. The maximum atomic E-state index is 11.3. The summed E-state index contributed by atoms with van der Waals surface area (Å²) in [5, 5.41) is 9.42. The van der Waals surface area contributed by atoms with Crippen LogP contribution in [0.15, 0.2) is 34.4 Å². The number of nitrogens with zero attached hydrogens (tertiary/aromatic N) is 1. The second kappa shape index (κ2) is 3.81. The minimum absolute atomic E-state index is 0.0842. The average Bonchev–Trinajstić information content (AvgIpc) is 2.58. The first-order valence-corrected chi connectivity index (χ1v) is 4.86. The molecule has 0 radical (unpaired) electrons. The molecule has 0 saturated heterocycles. The van der Waals surface area contributed by atoms with E-state index in [1.165, 1.54) is 13.8 Å². The third-order valence-corrected chi connectivity index (χ3v) is 2.22. The van der Waals surface area contributed by atoms with Crippen LogP contribution in [0.2, 0.25) is 0 Å². The first-order chi connectivity index (χ1) is 7.59. The Morgan fingerprint density at radius 1 is 1.31 bits per heavy atom. The zero-order valence-electron chi connectivity index (χ0n) is 9.02. The van der Waals surface area contributed by atoms with Crippen molar-refractivity contribution in [1.29, 1.82) is 0 Å². The van der Waals surface area contributed by atoms with Crippen LogP contribution in [0.25, 0.3) is 16.7 Å². The van der Waals surface area contributed by atoms with Gasteiger partial charge < -0.3 is 9.52 Å². The Hall–Kier alpha value is -2.10. The predicted molar refractivity (Wildman–Crippen MR) is 59.9 cm³/mol. The molecule has 0 spiro atoms. The molecule has 2 rings (SSSR count). The number of fused-ring (bicyclic) bond motifs is 1. The third kappa shape index (κ3) is 1.69. The molecular formula is C12H11NO3. The van der Waals surface area contributed by atoms with Crippen molar-refractivity contribution in [1.82, 2.24) is 4.98 Å². The van der Waals surface area contributed by atoms with Gasteiger partial charge in [0, 0.05) is 0 Å². The summed E-state index contributed by atoms with van der Waals surface area (Å²) in [5.74, 6) is -0.195. The number of benzene rings is 1. The lowest BCUT2D eigenvalue weighted by Crippen LogP contribution is -1.99. The first-order valence-electron chi connectivity index (χ1n) is 4.86. The number of hydrogen-bond acceptors (Lipinski definition) is 4. The number of carbonyl (C=O) groups is 1. The molecular weight excluding hydrogens is 206 g/mol. The van der Waals surface area contributed by atoms with E-state index in [9.17, 15) is 9.90 Å². The molecule has 1 heterocycles. The summed E-state index contributed by atoms with van der Waals surface area (Å²) in [6.07, 6.45) is 0. The molecule has 0 aliphatic rings. The molecule has 1 aromatic heterocycles. The highest BCUT2D eigenvalue weighted by Crippen LogP contribution is 2.23. The molecule has 0 aliphatic carbocycles. The summed E-state index contributed by atoms with van der Waals surface area (Å²) in [6, 6.07) is 7.20. The van der Waals surface area contributed by atoms with Crippen molar-refractivity contribution in [2.45, 2.75) is 13.8 Å². The van der Waals surface area contributed by atoms with Gasteiger partial charge in [0.05, 0.1) is 0 Å². The van der Waals surface area contributed by atoms with Crippen LogP contribution in [0, 0.1) is 0 Å². The van der Waals surface area contributed by atoms with Crippen molar-refractivity contribution in [3.05, 3.63) is 35.9 Å². The molecule has 0 fully saturated rings. The number of hydrogen-bond donors (Lipinski definition) is 1. The van der Waals surface area contributed by atoms with E-state index < -0.39 is 0 Å². The second-order valence-corrected chi connectivity index (χ2v) is 3.50. The Kier molecular flexibility index (Phi) is 2.48. The molecule has 2 aromatic rings. The van der Waals surface area contributed by atoms with Gasteiger partial charge in [-0.25, -0.2) is 4.98 Å². The molecule has 1 aromatic carbocycles. The number of aliphatic hydroxyl groups is 1. The molecule has 16 heavy (non-hydrogen) atoms. The van der Waals surface area contributed by atoms with Gasteiger partial charge in [0.25, 0.3) is 0 Å². The summed E-state index contributed by atoms with van der Waals surface area (Å²) < 4.78 is 5.40. The number of carbonyl (C=O) groups excluding carboxylic acids is 1. The van der Waals surface area contributed by atoms with E-state index in [2.05, 4.69) is 4.98 Å². The normalized spacial score (nSPS) is 12.6. The highest BCUT2D eigenvalue weighted by molar-refractivity contribution is 6.18. The first kappa shape index (κ1) is 10.4. The topological polar surface area (TPSA) is 63.3 Å². The van der Waals surface area contributed by atoms with Crippen LogP contribution in [0.5, 0.6) is 0 Å². The Bertz CT molecular complexity index is 544. The van der Waals surface area contributed by atoms with Crippen molar-refractivity contribution in [3.8, 4) is 0 Å². The number of aliphatic hydroxyl groups excluding tert-OH is 1. The summed E-state index contributed by atoms with van der Waals surface area (Å²) >= 11 is 0. The van der Waals surface area contributed by atoms with Crippen LogP contribution in [0.1, 0.15) is 19.7 Å². The molecule has 0 amide bonds. The lowest BCUT2D eigenvalue weighted by Gasteiger charge is -1.98. The number of rotatable bonds is 2. The van der Waals surface area contributed by atoms with E-state index in [1.807, 2.05) is 12.1 Å². The fraction of sp³-hybridized carbons (Fsp3) is 0.167. The van der Waals surface area contributed by atoms with Crippen LogP contribution >= 0.6 is 0 Å². The largest absolute Gasteiger partial charge is 0.512 e. The van der Waals surface area contributed by atoms with Crippen molar-refractivity contribution in [2.24, 2.45) is 0 Å². The van der Waals surface area contributed by atoms with Crippen molar-refractivity contribution < 1.29 is 14.3 Å². The number of allylic oxidation sites excluding steroid dienone is 2. The monoisotopic (exact) mass is 217 g/mol. The lowest BCUT2D eigenvalue weighted by molar-refractivity contribution is -0.112. The fourth-order valence-corrected chi connectivity index (χ4v) is 1.54. The molecule has 4 heteroatoms. The number of para-hydroxylation sites is 2. The summed E-state index contributed by atoms with van der Waals surface area (Å²) in [6.45, 7) is 2.80. The number of ketones is 1. The minimum Gasteiger partial charge on any atom is -0.512 e. The predicted octanol–water partition coefficient (Wildman–Crippen LogP) is 2.71. The van der Waals surface area contributed by atoms with Crippen molar-refractivity contribution in [3.63, 3.8) is 0 Å². The molecule has 0 bridgehead atoms. The Balaban J connectivity index is 2.63. The average molecular weight is 217 g/mol. The van der Waals surface area contributed by atoms with Gasteiger partial charge in [0.2, 0.25) is 5.89 Å². The van der Waals surface area contributed by atoms with Gasteiger partial charge in [0.15, 0.2) is 11.4 Å². The van der Waals surface area contributed by atoms with Gasteiger partial charge in [0.1, 0.15) is 16.8 Å². The van der Waals surface area contributed by atoms with E-state index in [-0.39, 0.29) is 23.0 Å². The molecule has 0 atom stereocenters. The van der Waals surface area contributed by atoms with E-state index in [1.54, 1.807) is 12.1 Å². The van der Waals surface area contributed by atoms with Gasteiger partial charge in [-0.05, 0) is 26.0 Å². The summed E-state index contributed by atoms with van der Waals surface area (Å²) in [5.41, 5.74) is 1.38. The van der Waals surface area contributed by atoms with Gasteiger partial charge in [-0.3, -0.25) is 4.79 Å². The van der Waals surface area contributed by atoms with Crippen LogP contribution in [0.3, 0.4) is 0 Å². The molecule has 82 valence electrons. The van der Waals surface area contributed by atoms with E-state index in [0.29, 0.717) is 11.1 Å². The van der Waals surface area contributed by atoms with Crippen LogP contribution in [-0.2, 0) is 4.79 Å². The van der Waals surface area contributed by atoms with E-state index >= 15 is 0 Å². The molecule has 1 N–H and O–H groups in total. The van der Waals surface area contributed by atoms with Crippen LogP contribution < -0.4 is 0 Å². The zero-order valence-corrected chi connectivity index (χ0v) is 9.02. The maximum Gasteiger partial charge on any atom is 0.234 e. The van der Waals surface area contributed by atoms with E-state index in [4.69, 9.17) is 4.42 Å². The molecule has 0 unspecified atom stereocenters. The fourth-order valence-electron chi connectivity index (χ4n) is 1.54. The standard InChI is InChI=1S/C12H11NO3/c1-7(14)11(8(2)15)12-13-9-5-3-4-6-10(9)16-12/h3-6,14H,1-2H3/b11-7-.